The number of hydrogen-bond acceptors (Lipinski definition) is 12. The number of carbonyl (C=O) groups excluding carboxylic acids is 1. The zero-order valence-electron chi connectivity index (χ0n) is 12.9. The van der Waals surface area contributed by atoms with E-state index in [-0.39, 0.29) is 6.29 Å². The molecule has 0 spiro atoms. The third-order valence-corrected chi connectivity index (χ3v) is 3.43. The molecule has 148 valence electrons. The van der Waals surface area contributed by atoms with Crippen LogP contribution in [0.2, 0.25) is 0 Å². The van der Waals surface area contributed by atoms with Crippen LogP contribution >= 0.6 is 0 Å². The molecule has 1 fully saturated rings. The molecule has 1 rings (SSSR count). The zero-order valence-corrected chi connectivity index (χ0v) is 12.9. The molecule has 9 atom stereocenters. The Hall–Kier alpha value is -1.26. The number of carbonyl (C=O) groups is 2. The van der Waals surface area contributed by atoms with E-state index in [1.54, 1.807) is 0 Å². The summed E-state index contributed by atoms with van der Waals surface area (Å²) in [5.74, 6) is -1.70. The third-order valence-electron chi connectivity index (χ3n) is 3.43. The molecule has 0 aromatic rings. The van der Waals surface area contributed by atoms with E-state index in [9.17, 15) is 19.8 Å². The summed E-state index contributed by atoms with van der Waals surface area (Å²) in [6, 6.07) is -2.47. The van der Waals surface area contributed by atoms with Crippen LogP contribution in [0, 0.1) is 0 Å². The van der Waals surface area contributed by atoms with E-state index in [1.165, 1.54) is 0 Å². The van der Waals surface area contributed by atoms with E-state index >= 15 is 0 Å². The Bertz CT molecular complexity index is 421. The molecule has 0 amide bonds. The first kappa shape index (κ1) is 23.7. The number of hydrogen-bond donors (Lipinski definition) is 10. The van der Waals surface area contributed by atoms with Gasteiger partial charge < -0.3 is 61.9 Å². The van der Waals surface area contributed by atoms with Crippen molar-refractivity contribution in [1.82, 2.24) is 0 Å². The van der Waals surface area contributed by atoms with Crippen molar-refractivity contribution in [3.8, 4) is 0 Å². The van der Waals surface area contributed by atoms with Crippen LogP contribution in [-0.2, 0) is 14.3 Å². The standard InChI is InChI=1S/C6H11NO6.C6H13NO5/c7-2(1-8)3(9)4(10)5(11)6(12)13;7-3-5(10)4(9)2(1-8)12-6(3)11/h1-5,9-11H,7H2,(H,12,13);2-6,8-11H,1,7H2/t2-,3+,4-,5-;2-,3-,4-,5-,6?/m01/s1. The smallest absolute Gasteiger partial charge is 0.335 e. The molecule has 0 aromatic heterocycles. The summed E-state index contributed by atoms with van der Waals surface area (Å²) in [4.78, 5) is 20.1. The minimum absolute atomic E-state index is 0.141. The fourth-order valence-corrected chi connectivity index (χ4v) is 1.76. The van der Waals surface area contributed by atoms with Gasteiger partial charge in [-0.2, -0.15) is 0 Å². The summed E-state index contributed by atoms with van der Waals surface area (Å²) in [7, 11) is 0. The second kappa shape index (κ2) is 10.7. The molecule has 0 aromatic carbocycles. The van der Waals surface area contributed by atoms with E-state index in [1.807, 2.05) is 0 Å². The van der Waals surface area contributed by atoms with Crippen molar-refractivity contribution in [2.45, 2.75) is 55.0 Å². The van der Waals surface area contributed by atoms with Crippen LogP contribution in [0.3, 0.4) is 0 Å². The molecule has 0 saturated carbocycles. The number of aliphatic hydroxyl groups excluding tert-OH is 7. The summed E-state index contributed by atoms with van der Waals surface area (Å²) in [6.07, 6.45) is -10.7. The lowest BCUT2D eigenvalue weighted by Gasteiger charge is -2.38. The third kappa shape index (κ3) is 6.52. The molecule has 13 nitrogen and oxygen atoms in total. The van der Waals surface area contributed by atoms with Crippen LogP contribution in [0.5, 0.6) is 0 Å². The molecule has 25 heavy (non-hydrogen) atoms. The highest BCUT2D eigenvalue weighted by Crippen LogP contribution is 2.17. The zero-order chi connectivity index (χ0) is 19.9. The van der Waals surface area contributed by atoms with Crippen molar-refractivity contribution < 1.29 is 55.2 Å². The maximum atomic E-state index is 10.1. The van der Waals surface area contributed by atoms with Gasteiger partial charge in [0.15, 0.2) is 12.4 Å². The minimum Gasteiger partial charge on any atom is -0.479 e. The first-order valence-corrected chi connectivity index (χ1v) is 7.03. The predicted molar refractivity (Wildman–Crippen MR) is 77.7 cm³/mol. The van der Waals surface area contributed by atoms with Crippen molar-refractivity contribution in [2.75, 3.05) is 6.61 Å². The molecule has 13 heteroatoms. The van der Waals surface area contributed by atoms with Crippen LogP contribution in [-0.4, -0.2) is 115 Å². The van der Waals surface area contributed by atoms with Gasteiger partial charge in [-0.1, -0.05) is 0 Å². The van der Waals surface area contributed by atoms with Crippen LogP contribution in [0.1, 0.15) is 0 Å². The minimum atomic E-state index is -2.17. The van der Waals surface area contributed by atoms with E-state index in [0.29, 0.717) is 0 Å². The molecule has 12 N–H and O–H groups in total. The number of aliphatic carboxylic acids is 1. The highest BCUT2D eigenvalue weighted by Gasteiger charge is 2.41. The Labute approximate surface area is 141 Å². The topological polar surface area (TPSA) is 257 Å². The number of aldehydes is 1. The Balaban J connectivity index is 0.000000462. The van der Waals surface area contributed by atoms with Gasteiger partial charge in [0.05, 0.1) is 18.7 Å². The molecule has 0 radical (unpaired) electrons. The van der Waals surface area contributed by atoms with Crippen molar-refractivity contribution in [1.29, 1.82) is 0 Å². The maximum Gasteiger partial charge on any atom is 0.335 e. The molecule has 1 saturated heterocycles. The Morgan fingerprint density at radius 2 is 1.64 bits per heavy atom. The van der Waals surface area contributed by atoms with Gasteiger partial charge in [0.2, 0.25) is 0 Å². The number of ether oxygens (including phenoxy) is 1. The number of aliphatic hydroxyl groups is 7. The van der Waals surface area contributed by atoms with Crippen molar-refractivity contribution in [2.24, 2.45) is 11.5 Å². The predicted octanol–water partition coefficient (Wildman–Crippen LogP) is -6.58. The monoisotopic (exact) mass is 372 g/mol. The van der Waals surface area contributed by atoms with Crippen LogP contribution in [0.4, 0.5) is 0 Å². The second-order valence-corrected chi connectivity index (χ2v) is 5.28. The SMILES string of the molecule is N[C@@H](C=O)[C@@H](O)[C@H](O)[C@H](O)C(=O)O.N[C@H]1C(O)O[C@H](CO)[C@@H](O)[C@@H]1O. The number of carboxylic acid groups (broad SMARTS) is 1. The number of nitrogens with two attached hydrogens (primary N) is 2. The molecular weight excluding hydrogens is 348 g/mol. The van der Waals surface area contributed by atoms with Gasteiger partial charge in [-0.05, 0) is 0 Å². The lowest BCUT2D eigenvalue weighted by atomic mass is 9.98. The summed E-state index contributed by atoms with van der Waals surface area (Å²) in [5, 5.41) is 70.9. The lowest BCUT2D eigenvalue weighted by Crippen LogP contribution is -2.61. The fraction of sp³-hybridized carbons (Fsp3) is 0.833. The Morgan fingerprint density at radius 1 is 1.12 bits per heavy atom. The number of carboxylic acids is 1. The van der Waals surface area contributed by atoms with Gasteiger partial charge in [-0.3, -0.25) is 0 Å². The first-order chi connectivity index (χ1) is 11.5. The summed E-state index contributed by atoms with van der Waals surface area (Å²) < 4.78 is 4.70. The quantitative estimate of drug-likeness (QED) is 0.195. The van der Waals surface area contributed by atoms with Gasteiger partial charge in [0.1, 0.15) is 36.8 Å². The average Bonchev–Trinajstić information content (AvgIpc) is 2.60. The van der Waals surface area contributed by atoms with E-state index in [2.05, 4.69) is 0 Å². The van der Waals surface area contributed by atoms with Gasteiger partial charge in [-0.15, -0.1) is 0 Å². The highest BCUT2D eigenvalue weighted by molar-refractivity contribution is 5.73. The Kier molecular flexibility index (Phi) is 10.1. The van der Waals surface area contributed by atoms with Crippen LogP contribution in [0.15, 0.2) is 0 Å². The van der Waals surface area contributed by atoms with Gasteiger partial charge in [0.25, 0.3) is 0 Å². The fourth-order valence-electron chi connectivity index (χ4n) is 1.76. The summed E-state index contributed by atoms with van der Waals surface area (Å²) >= 11 is 0. The molecule has 1 unspecified atom stereocenters. The molecule has 1 aliphatic heterocycles. The van der Waals surface area contributed by atoms with Crippen molar-refractivity contribution >= 4 is 12.3 Å². The lowest BCUT2D eigenvalue weighted by molar-refractivity contribution is -0.248. The molecule has 0 bridgehead atoms. The number of rotatable bonds is 6. The van der Waals surface area contributed by atoms with Crippen LogP contribution in [0.25, 0.3) is 0 Å². The largest absolute Gasteiger partial charge is 0.479 e. The van der Waals surface area contributed by atoms with E-state index < -0.39 is 67.6 Å². The van der Waals surface area contributed by atoms with Crippen LogP contribution < -0.4 is 11.5 Å². The molecule has 0 aliphatic carbocycles. The molecular formula is C12H24N2O11. The summed E-state index contributed by atoms with van der Waals surface area (Å²) in [6.45, 7) is -0.470. The second-order valence-electron chi connectivity index (χ2n) is 5.28. The first-order valence-electron chi connectivity index (χ1n) is 7.03. The highest BCUT2D eigenvalue weighted by atomic mass is 16.6. The van der Waals surface area contributed by atoms with Crippen molar-refractivity contribution in [3.63, 3.8) is 0 Å². The normalized spacial score (nSPS) is 34.0. The van der Waals surface area contributed by atoms with Gasteiger partial charge in [0, 0.05) is 0 Å². The molecule has 1 heterocycles. The van der Waals surface area contributed by atoms with Gasteiger partial charge >= 0.3 is 5.97 Å². The Morgan fingerprint density at radius 3 is 2.04 bits per heavy atom. The van der Waals surface area contributed by atoms with E-state index in [4.69, 9.17) is 46.8 Å². The summed E-state index contributed by atoms with van der Waals surface area (Å²) in [5.41, 5.74) is 10.2. The van der Waals surface area contributed by atoms with Gasteiger partial charge in [-0.25, -0.2) is 4.79 Å². The molecule has 1 aliphatic rings. The van der Waals surface area contributed by atoms with Crippen molar-refractivity contribution in [3.05, 3.63) is 0 Å². The average molecular weight is 372 g/mol. The van der Waals surface area contributed by atoms with E-state index in [0.717, 1.165) is 0 Å². The maximum absolute atomic E-state index is 10.1.